The third kappa shape index (κ3) is 6.84. The van der Waals surface area contributed by atoms with Crippen molar-refractivity contribution in [3.8, 4) is 0 Å². The standard InChI is InChI=1S/C9H14O2/c1-8(2)6-4-5-7-9(10)11-3/h5-7H,4H2,1-3H3/b7-5-. The molecule has 0 spiro atoms. The van der Waals surface area contributed by atoms with Gasteiger partial charge < -0.3 is 4.74 Å². The first-order valence-corrected chi connectivity index (χ1v) is 3.54. The first-order chi connectivity index (χ1) is 5.16. The molecule has 0 aliphatic heterocycles. The summed E-state index contributed by atoms with van der Waals surface area (Å²) in [6.07, 6.45) is 6.04. The van der Waals surface area contributed by atoms with Crippen molar-refractivity contribution in [2.75, 3.05) is 7.11 Å². The van der Waals surface area contributed by atoms with Crippen molar-refractivity contribution in [1.82, 2.24) is 0 Å². The van der Waals surface area contributed by atoms with E-state index in [1.807, 2.05) is 19.9 Å². The third-order valence-corrected chi connectivity index (χ3v) is 1.12. The van der Waals surface area contributed by atoms with Crippen LogP contribution in [0.1, 0.15) is 20.3 Å². The van der Waals surface area contributed by atoms with Crippen molar-refractivity contribution >= 4 is 5.97 Å². The van der Waals surface area contributed by atoms with Gasteiger partial charge in [-0.15, -0.1) is 0 Å². The highest BCUT2D eigenvalue weighted by molar-refractivity contribution is 5.81. The largest absolute Gasteiger partial charge is 0.466 e. The molecule has 0 unspecified atom stereocenters. The van der Waals surface area contributed by atoms with Gasteiger partial charge in [0.05, 0.1) is 7.11 Å². The van der Waals surface area contributed by atoms with E-state index in [2.05, 4.69) is 4.74 Å². The van der Waals surface area contributed by atoms with E-state index in [1.54, 1.807) is 6.08 Å². The highest BCUT2D eigenvalue weighted by Gasteiger charge is 1.87. The van der Waals surface area contributed by atoms with Crippen molar-refractivity contribution in [2.45, 2.75) is 20.3 Å². The maximum absolute atomic E-state index is 10.5. The van der Waals surface area contributed by atoms with Crippen LogP contribution in [0.15, 0.2) is 23.8 Å². The first-order valence-electron chi connectivity index (χ1n) is 3.54. The summed E-state index contributed by atoms with van der Waals surface area (Å²) in [6, 6.07) is 0. The van der Waals surface area contributed by atoms with Gasteiger partial charge in [0.2, 0.25) is 0 Å². The number of allylic oxidation sites excluding steroid dienone is 3. The van der Waals surface area contributed by atoms with Crippen LogP contribution in [0, 0.1) is 0 Å². The second kappa shape index (κ2) is 5.71. The zero-order valence-corrected chi connectivity index (χ0v) is 7.26. The Hall–Kier alpha value is -1.05. The third-order valence-electron chi connectivity index (χ3n) is 1.12. The smallest absolute Gasteiger partial charge is 0.330 e. The van der Waals surface area contributed by atoms with Crippen molar-refractivity contribution in [2.24, 2.45) is 0 Å². The molecule has 0 aliphatic rings. The van der Waals surface area contributed by atoms with Gasteiger partial charge in [-0.05, 0) is 20.3 Å². The molecule has 2 heteroatoms. The van der Waals surface area contributed by atoms with E-state index >= 15 is 0 Å². The molecule has 2 nitrogen and oxygen atoms in total. The van der Waals surface area contributed by atoms with Gasteiger partial charge in [0, 0.05) is 6.08 Å². The van der Waals surface area contributed by atoms with E-state index in [-0.39, 0.29) is 5.97 Å². The first kappa shape index (κ1) is 9.95. The zero-order chi connectivity index (χ0) is 8.69. The van der Waals surface area contributed by atoms with E-state index in [4.69, 9.17) is 0 Å². The Labute approximate surface area is 67.6 Å². The predicted octanol–water partition coefficient (Wildman–Crippen LogP) is 2.07. The Bertz CT molecular complexity index is 174. The molecule has 0 aromatic carbocycles. The van der Waals surface area contributed by atoms with Gasteiger partial charge in [-0.2, -0.15) is 0 Å². The fourth-order valence-corrected chi connectivity index (χ4v) is 0.536. The number of carbonyl (C=O) groups excluding carboxylic acids is 1. The van der Waals surface area contributed by atoms with Crippen LogP contribution in [-0.4, -0.2) is 13.1 Å². The number of ether oxygens (including phenoxy) is 1. The molecule has 0 saturated carbocycles. The maximum Gasteiger partial charge on any atom is 0.330 e. The van der Waals surface area contributed by atoms with E-state index in [0.717, 1.165) is 6.42 Å². The van der Waals surface area contributed by atoms with Crippen LogP contribution in [0.4, 0.5) is 0 Å². The number of rotatable bonds is 3. The lowest BCUT2D eigenvalue weighted by Gasteiger charge is -1.88. The molecule has 0 rings (SSSR count). The zero-order valence-electron chi connectivity index (χ0n) is 7.26. The molecule has 0 radical (unpaired) electrons. The number of hydrogen-bond acceptors (Lipinski definition) is 2. The molecular weight excluding hydrogens is 140 g/mol. The van der Waals surface area contributed by atoms with Crippen molar-refractivity contribution in [3.63, 3.8) is 0 Å². The van der Waals surface area contributed by atoms with Gasteiger partial charge in [0.15, 0.2) is 0 Å². The molecule has 0 aromatic rings. The lowest BCUT2D eigenvalue weighted by Crippen LogP contribution is -1.92. The molecule has 0 aliphatic carbocycles. The van der Waals surface area contributed by atoms with Crippen LogP contribution < -0.4 is 0 Å². The lowest BCUT2D eigenvalue weighted by molar-refractivity contribution is -0.134. The average molecular weight is 154 g/mol. The van der Waals surface area contributed by atoms with E-state index in [1.165, 1.54) is 18.8 Å². The Morgan fingerprint density at radius 1 is 1.45 bits per heavy atom. The van der Waals surface area contributed by atoms with Crippen LogP contribution >= 0.6 is 0 Å². The van der Waals surface area contributed by atoms with Gasteiger partial charge >= 0.3 is 5.97 Å². The number of methoxy groups -OCH3 is 1. The topological polar surface area (TPSA) is 26.3 Å². The summed E-state index contributed by atoms with van der Waals surface area (Å²) >= 11 is 0. The molecule has 62 valence electrons. The molecule has 0 amide bonds. The highest BCUT2D eigenvalue weighted by Crippen LogP contribution is 1.93. The summed E-state index contributed by atoms with van der Waals surface area (Å²) in [5.74, 6) is -0.299. The SMILES string of the molecule is COC(=O)/C=C\CC=C(C)C. The highest BCUT2D eigenvalue weighted by atomic mass is 16.5. The molecule has 0 saturated heterocycles. The van der Waals surface area contributed by atoms with Crippen molar-refractivity contribution in [1.29, 1.82) is 0 Å². The van der Waals surface area contributed by atoms with E-state index in [0.29, 0.717) is 0 Å². The van der Waals surface area contributed by atoms with Gasteiger partial charge in [0.1, 0.15) is 0 Å². The van der Waals surface area contributed by atoms with E-state index in [9.17, 15) is 4.79 Å². The molecule has 0 atom stereocenters. The average Bonchev–Trinajstić information content (AvgIpc) is 1.97. The van der Waals surface area contributed by atoms with Crippen LogP contribution in [0.25, 0.3) is 0 Å². The van der Waals surface area contributed by atoms with Crippen LogP contribution in [0.5, 0.6) is 0 Å². The summed E-state index contributed by atoms with van der Waals surface area (Å²) in [5.41, 5.74) is 1.25. The van der Waals surface area contributed by atoms with Gasteiger partial charge in [0.25, 0.3) is 0 Å². The minimum absolute atomic E-state index is 0.299. The fourth-order valence-electron chi connectivity index (χ4n) is 0.536. The minimum Gasteiger partial charge on any atom is -0.466 e. The summed E-state index contributed by atoms with van der Waals surface area (Å²) < 4.78 is 4.41. The molecule has 0 heterocycles. The number of esters is 1. The van der Waals surface area contributed by atoms with Crippen molar-refractivity contribution in [3.05, 3.63) is 23.8 Å². The van der Waals surface area contributed by atoms with Gasteiger partial charge in [-0.3, -0.25) is 0 Å². The fraction of sp³-hybridized carbons (Fsp3) is 0.444. The van der Waals surface area contributed by atoms with Crippen LogP contribution in [0.2, 0.25) is 0 Å². The Kier molecular flexibility index (Phi) is 5.17. The maximum atomic E-state index is 10.5. The Morgan fingerprint density at radius 2 is 2.09 bits per heavy atom. The van der Waals surface area contributed by atoms with Crippen LogP contribution in [0.3, 0.4) is 0 Å². The summed E-state index contributed by atoms with van der Waals surface area (Å²) in [5, 5.41) is 0. The normalized spacial score (nSPS) is 9.73. The molecule has 0 aromatic heterocycles. The number of carbonyl (C=O) groups is 1. The lowest BCUT2D eigenvalue weighted by atomic mass is 10.2. The Balaban J connectivity index is 3.61. The quantitative estimate of drug-likeness (QED) is 0.353. The summed E-state index contributed by atoms with van der Waals surface area (Å²) in [7, 11) is 1.37. The second-order valence-electron chi connectivity index (χ2n) is 2.44. The van der Waals surface area contributed by atoms with Crippen LogP contribution in [-0.2, 0) is 9.53 Å². The molecule has 0 fully saturated rings. The number of hydrogen-bond donors (Lipinski definition) is 0. The predicted molar refractivity (Wildman–Crippen MR) is 45.2 cm³/mol. The monoisotopic (exact) mass is 154 g/mol. The minimum atomic E-state index is -0.299. The van der Waals surface area contributed by atoms with Gasteiger partial charge in [-0.25, -0.2) is 4.79 Å². The second-order valence-corrected chi connectivity index (χ2v) is 2.44. The van der Waals surface area contributed by atoms with Gasteiger partial charge in [-0.1, -0.05) is 17.7 Å². The molecule has 0 bridgehead atoms. The summed E-state index contributed by atoms with van der Waals surface area (Å²) in [6.45, 7) is 4.04. The molecule has 11 heavy (non-hydrogen) atoms. The van der Waals surface area contributed by atoms with Crippen molar-refractivity contribution < 1.29 is 9.53 Å². The molecule has 0 N–H and O–H groups in total. The van der Waals surface area contributed by atoms with E-state index < -0.39 is 0 Å². The Morgan fingerprint density at radius 3 is 2.55 bits per heavy atom. The molecular formula is C9H14O2. The summed E-state index contributed by atoms with van der Waals surface area (Å²) in [4.78, 5) is 10.5.